The highest BCUT2D eigenvalue weighted by molar-refractivity contribution is 8.18. The predicted molar refractivity (Wildman–Crippen MR) is 106 cm³/mol. The number of imide groups is 1. The van der Waals surface area contributed by atoms with E-state index in [9.17, 15) is 18.8 Å². The fourth-order valence-corrected chi connectivity index (χ4v) is 3.59. The molecular weight excluding hydrogens is 397 g/mol. The van der Waals surface area contributed by atoms with E-state index in [2.05, 4.69) is 4.74 Å². The van der Waals surface area contributed by atoms with Gasteiger partial charge < -0.3 is 9.47 Å². The van der Waals surface area contributed by atoms with Crippen molar-refractivity contribution in [2.24, 2.45) is 0 Å². The van der Waals surface area contributed by atoms with Crippen LogP contribution in [0.5, 0.6) is 5.75 Å². The maximum atomic E-state index is 13.6. The van der Waals surface area contributed by atoms with Gasteiger partial charge in [0.05, 0.1) is 12.0 Å². The van der Waals surface area contributed by atoms with Crippen LogP contribution < -0.4 is 4.74 Å². The second-order valence-corrected chi connectivity index (χ2v) is 7.19. The number of rotatable bonds is 6. The normalized spacial score (nSPS) is 16.2. The van der Waals surface area contributed by atoms with Gasteiger partial charge in [-0.2, -0.15) is 0 Å². The van der Waals surface area contributed by atoms with Gasteiger partial charge in [0, 0.05) is 5.56 Å². The van der Waals surface area contributed by atoms with Gasteiger partial charge in [-0.25, -0.2) is 9.18 Å². The molecule has 1 aliphatic heterocycles. The number of carbonyl (C=O) groups is 3. The summed E-state index contributed by atoms with van der Waals surface area (Å²) in [6.45, 7) is 1.53. The number of nitrogens with zero attached hydrogens (tertiary/aromatic N) is 1. The van der Waals surface area contributed by atoms with Crippen LogP contribution in [0.2, 0.25) is 0 Å². The minimum atomic E-state index is -0.993. The second kappa shape index (κ2) is 8.91. The van der Waals surface area contributed by atoms with Gasteiger partial charge in [-0.3, -0.25) is 14.5 Å². The number of hydrogen-bond acceptors (Lipinski definition) is 6. The zero-order valence-corrected chi connectivity index (χ0v) is 16.6. The van der Waals surface area contributed by atoms with Crippen LogP contribution in [0.15, 0.2) is 53.4 Å². The van der Waals surface area contributed by atoms with Crippen LogP contribution in [0.4, 0.5) is 9.18 Å². The van der Waals surface area contributed by atoms with E-state index >= 15 is 0 Å². The van der Waals surface area contributed by atoms with Crippen molar-refractivity contribution in [2.75, 3.05) is 7.11 Å². The van der Waals surface area contributed by atoms with Gasteiger partial charge >= 0.3 is 5.97 Å². The first-order valence-electron chi connectivity index (χ1n) is 8.72. The number of ether oxygens (including phenoxy) is 2. The van der Waals surface area contributed by atoms with Gasteiger partial charge in [-0.15, -0.1) is 0 Å². The van der Waals surface area contributed by atoms with E-state index < -0.39 is 23.2 Å². The van der Waals surface area contributed by atoms with Crippen LogP contribution in [0.1, 0.15) is 18.1 Å². The van der Waals surface area contributed by atoms with Crippen LogP contribution in [0.3, 0.4) is 0 Å². The summed E-state index contributed by atoms with van der Waals surface area (Å²) in [4.78, 5) is 37.3. The molecule has 2 aromatic rings. The maximum Gasteiger partial charge on any atom is 0.328 e. The summed E-state index contributed by atoms with van der Waals surface area (Å²) in [5.41, 5.74) is 1.13. The molecule has 150 valence electrons. The molecule has 3 rings (SSSR count). The summed E-state index contributed by atoms with van der Waals surface area (Å²) in [5.74, 6) is -0.999. The van der Waals surface area contributed by atoms with Gasteiger partial charge in [0.15, 0.2) is 0 Å². The molecule has 0 unspecified atom stereocenters. The fourth-order valence-electron chi connectivity index (χ4n) is 2.68. The molecule has 0 bridgehead atoms. The van der Waals surface area contributed by atoms with Crippen LogP contribution in [0, 0.1) is 5.82 Å². The number of esters is 1. The minimum absolute atomic E-state index is 0.0936. The third-order valence-corrected chi connectivity index (χ3v) is 5.17. The molecule has 0 aliphatic carbocycles. The summed E-state index contributed by atoms with van der Waals surface area (Å²) < 4.78 is 23.8. The number of halogens is 1. The number of thioether (sulfide) groups is 1. The first-order chi connectivity index (χ1) is 13.9. The van der Waals surface area contributed by atoms with Crippen molar-refractivity contribution in [1.29, 1.82) is 0 Å². The summed E-state index contributed by atoms with van der Waals surface area (Å²) in [6.07, 6.45) is 1.57. The van der Waals surface area contributed by atoms with Crippen molar-refractivity contribution in [3.8, 4) is 5.75 Å². The zero-order chi connectivity index (χ0) is 21.0. The lowest BCUT2D eigenvalue weighted by Gasteiger charge is -2.18. The number of hydrogen-bond donors (Lipinski definition) is 0. The molecule has 1 fully saturated rings. The van der Waals surface area contributed by atoms with E-state index in [1.165, 1.54) is 20.1 Å². The quantitative estimate of drug-likeness (QED) is 0.525. The molecule has 0 radical (unpaired) electrons. The largest absolute Gasteiger partial charge is 0.489 e. The van der Waals surface area contributed by atoms with Crippen LogP contribution in [0.25, 0.3) is 6.08 Å². The molecule has 0 saturated carbocycles. The highest BCUT2D eigenvalue weighted by Crippen LogP contribution is 2.34. The van der Waals surface area contributed by atoms with E-state index in [0.717, 1.165) is 16.7 Å². The Morgan fingerprint density at radius 1 is 1.17 bits per heavy atom. The Kier molecular flexibility index (Phi) is 6.33. The molecular formula is C21H18FNO5S. The summed E-state index contributed by atoms with van der Waals surface area (Å²) >= 11 is 0.764. The van der Waals surface area contributed by atoms with E-state index in [-0.39, 0.29) is 17.3 Å². The molecule has 1 heterocycles. The Labute approximate surface area is 171 Å². The third kappa shape index (κ3) is 4.65. The molecule has 29 heavy (non-hydrogen) atoms. The molecule has 1 saturated heterocycles. The van der Waals surface area contributed by atoms with Crippen molar-refractivity contribution < 1.29 is 28.2 Å². The number of amides is 2. The Morgan fingerprint density at radius 3 is 2.52 bits per heavy atom. The fraction of sp³-hybridized carbons (Fsp3) is 0.190. The van der Waals surface area contributed by atoms with Crippen molar-refractivity contribution >= 4 is 35.0 Å². The Morgan fingerprint density at radius 2 is 1.86 bits per heavy atom. The minimum Gasteiger partial charge on any atom is -0.489 e. The monoisotopic (exact) mass is 415 g/mol. The summed E-state index contributed by atoms with van der Waals surface area (Å²) in [5, 5.41) is -0.524. The Balaban J connectivity index is 1.68. The van der Waals surface area contributed by atoms with Crippen molar-refractivity contribution in [2.45, 2.75) is 19.6 Å². The van der Waals surface area contributed by atoms with Crippen molar-refractivity contribution in [1.82, 2.24) is 4.90 Å². The summed E-state index contributed by atoms with van der Waals surface area (Å²) in [6, 6.07) is 12.2. The van der Waals surface area contributed by atoms with E-state index in [1.54, 1.807) is 48.5 Å². The molecule has 0 aromatic heterocycles. The lowest BCUT2D eigenvalue weighted by Crippen LogP contribution is -2.42. The lowest BCUT2D eigenvalue weighted by atomic mass is 10.2. The SMILES string of the molecule is COC(=O)[C@H](C)N1C(=O)S/C(=C/c2ccc(OCc3ccccc3F)cc2)C1=O. The van der Waals surface area contributed by atoms with Gasteiger partial charge in [-0.1, -0.05) is 30.3 Å². The molecule has 1 aliphatic rings. The van der Waals surface area contributed by atoms with Crippen LogP contribution >= 0.6 is 11.8 Å². The zero-order valence-electron chi connectivity index (χ0n) is 15.8. The van der Waals surface area contributed by atoms with Gasteiger partial charge in [0.25, 0.3) is 11.1 Å². The van der Waals surface area contributed by atoms with Crippen LogP contribution in [-0.4, -0.2) is 35.2 Å². The average molecular weight is 415 g/mol. The van der Waals surface area contributed by atoms with Gasteiger partial charge in [-0.05, 0) is 48.5 Å². The number of carbonyl (C=O) groups excluding carboxylic acids is 3. The first kappa shape index (κ1) is 20.6. The Hall–Kier alpha value is -3.13. The highest BCUT2D eigenvalue weighted by atomic mass is 32.2. The molecule has 2 aromatic carbocycles. The van der Waals surface area contributed by atoms with Gasteiger partial charge in [0.1, 0.15) is 24.2 Å². The van der Waals surface area contributed by atoms with E-state index in [1.807, 2.05) is 0 Å². The molecule has 0 spiro atoms. The topological polar surface area (TPSA) is 72.9 Å². The van der Waals surface area contributed by atoms with Crippen LogP contribution in [-0.2, 0) is 20.9 Å². The van der Waals surface area contributed by atoms with E-state index in [0.29, 0.717) is 16.9 Å². The number of methoxy groups -OCH3 is 1. The first-order valence-corrected chi connectivity index (χ1v) is 9.53. The average Bonchev–Trinajstić information content (AvgIpc) is 3.00. The second-order valence-electron chi connectivity index (χ2n) is 6.20. The number of benzene rings is 2. The molecule has 8 heteroatoms. The maximum absolute atomic E-state index is 13.6. The molecule has 0 N–H and O–H groups in total. The molecule has 6 nitrogen and oxygen atoms in total. The predicted octanol–water partition coefficient (Wildman–Crippen LogP) is 4.00. The highest BCUT2D eigenvalue weighted by Gasteiger charge is 2.41. The van der Waals surface area contributed by atoms with E-state index in [4.69, 9.17) is 4.74 Å². The Bertz CT molecular complexity index is 973. The standard InChI is InChI=1S/C21H18FNO5S/c1-13(20(25)27-2)23-19(24)18(29-21(23)26)11-14-7-9-16(10-8-14)28-12-15-5-3-4-6-17(15)22/h3-11,13H,12H2,1-2H3/b18-11+/t13-/m0/s1. The molecule has 2 amide bonds. The van der Waals surface area contributed by atoms with Crippen molar-refractivity contribution in [3.05, 3.63) is 70.4 Å². The van der Waals surface area contributed by atoms with Crippen molar-refractivity contribution in [3.63, 3.8) is 0 Å². The lowest BCUT2D eigenvalue weighted by molar-refractivity contribution is -0.148. The summed E-state index contributed by atoms with van der Waals surface area (Å²) in [7, 11) is 1.20. The third-order valence-electron chi connectivity index (χ3n) is 4.28. The van der Waals surface area contributed by atoms with Gasteiger partial charge in [0.2, 0.25) is 0 Å². The molecule has 1 atom stereocenters. The smallest absolute Gasteiger partial charge is 0.328 e.